The van der Waals surface area contributed by atoms with E-state index in [4.69, 9.17) is 11.6 Å². The van der Waals surface area contributed by atoms with Gasteiger partial charge in [0.25, 0.3) is 0 Å². The van der Waals surface area contributed by atoms with Gasteiger partial charge in [-0.15, -0.1) is 0 Å². The molecule has 0 saturated carbocycles. The predicted molar refractivity (Wildman–Crippen MR) is 106 cm³/mol. The molecule has 0 aliphatic rings. The molecule has 2 rings (SSSR count). The van der Waals surface area contributed by atoms with Crippen molar-refractivity contribution in [3.63, 3.8) is 0 Å². The first-order valence-corrected chi connectivity index (χ1v) is 9.00. The number of benzene rings is 1. The SMILES string of the molecule is CN=C(NCCCCNc1ccccn1)NCCc1ccccc1Cl. The van der Waals surface area contributed by atoms with Crippen molar-refractivity contribution in [3.8, 4) is 0 Å². The van der Waals surface area contributed by atoms with Gasteiger partial charge in [-0.25, -0.2) is 4.98 Å². The second kappa shape index (κ2) is 11.3. The monoisotopic (exact) mass is 359 g/mol. The van der Waals surface area contributed by atoms with Gasteiger partial charge in [-0.1, -0.05) is 35.9 Å². The van der Waals surface area contributed by atoms with Crippen molar-refractivity contribution < 1.29 is 0 Å². The van der Waals surface area contributed by atoms with Crippen LogP contribution in [0, 0.1) is 0 Å². The molecule has 0 unspecified atom stereocenters. The Morgan fingerprint density at radius 2 is 1.76 bits per heavy atom. The number of halogens is 1. The Bertz CT molecular complexity index is 645. The maximum atomic E-state index is 6.17. The maximum absolute atomic E-state index is 6.17. The Hall–Kier alpha value is -2.27. The van der Waals surface area contributed by atoms with E-state index in [0.29, 0.717) is 0 Å². The average molecular weight is 360 g/mol. The molecule has 6 heteroatoms. The highest BCUT2D eigenvalue weighted by atomic mass is 35.5. The number of nitrogens with one attached hydrogen (secondary N) is 3. The number of rotatable bonds is 9. The van der Waals surface area contributed by atoms with Crippen molar-refractivity contribution in [1.29, 1.82) is 0 Å². The van der Waals surface area contributed by atoms with E-state index in [0.717, 1.165) is 61.3 Å². The van der Waals surface area contributed by atoms with Crippen LogP contribution in [0.2, 0.25) is 5.02 Å². The van der Waals surface area contributed by atoms with Crippen LogP contribution < -0.4 is 16.0 Å². The lowest BCUT2D eigenvalue weighted by atomic mass is 10.1. The molecule has 0 fully saturated rings. The molecule has 0 radical (unpaired) electrons. The molecule has 1 aromatic heterocycles. The number of hydrogen-bond acceptors (Lipinski definition) is 3. The minimum absolute atomic E-state index is 0.796. The number of unbranched alkanes of at least 4 members (excludes halogenated alkanes) is 1. The van der Waals surface area contributed by atoms with Crippen LogP contribution in [0.25, 0.3) is 0 Å². The molecule has 0 atom stereocenters. The maximum Gasteiger partial charge on any atom is 0.190 e. The smallest absolute Gasteiger partial charge is 0.190 e. The van der Waals surface area contributed by atoms with E-state index in [9.17, 15) is 0 Å². The Labute approximate surface area is 154 Å². The standard InChI is InChI=1S/C19H26ClN5/c1-21-19(25-15-11-16-8-2-3-9-17(16)20)24-14-7-6-13-23-18-10-4-5-12-22-18/h2-5,8-10,12H,6-7,11,13-15H2,1H3,(H,22,23)(H2,21,24,25). The number of nitrogens with zero attached hydrogens (tertiary/aromatic N) is 2. The molecule has 134 valence electrons. The summed E-state index contributed by atoms with van der Waals surface area (Å²) in [6.45, 7) is 2.59. The van der Waals surface area contributed by atoms with Crippen LogP contribution in [0.1, 0.15) is 18.4 Å². The fraction of sp³-hybridized carbons (Fsp3) is 0.368. The summed E-state index contributed by atoms with van der Waals surface area (Å²) in [6, 6.07) is 13.8. The van der Waals surface area contributed by atoms with Gasteiger partial charge in [0.05, 0.1) is 0 Å². The summed E-state index contributed by atoms with van der Waals surface area (Å²) in [6.07, 6.45) is 4.79. The van der Waals surface area contributed by atoms with Crippen LogP contribution in [-0.2, 0) is 6.42 Å². The van der Waals surface area contributed by atoms with E-state index < -0.39 is 0 Å². The third-order valence-corrected chi connectivity index (χ3v) is 4.10. The van der Waals surface area contributed by atoms with Gasteiger partial charge in [0.15, 0.2) is 5.96 Å². The zero-order valence-corrected chi connectivity index (χ0v) is 15.4. The van der Waals surface area contributed by atoms with Gasteiger partial charge in [0, 0.05) is 37.9 Å². The number of hydrogen-bond donors (Lipinski definition) is 3. The van der Waals surface area contributed by atoms with Gasteiger partial charge in [0.2, 0.25) is 0 Å². The van der Waals surface area contributed by atoms with Crippen molar-refractivity contribution in [3.05, 3.63) is 59.2 Å². The predicted octanol–water partition coefficient (Wildman–Crippen LogP) is 3.33. The van der Waals surface area contributed by atoms with E-state index in [1.165, 1.54) is 0 Å². The molecule has 0 aliphatic carbocycles. The minimum atomic E-state index is 0.796. The van der Waals surface area contributed by atoms with E-state index in [2.05, 4.69) is 32.0 Å². The van der Waals surface area contributed by atoms with E-state index in [-0.39, 0.29) is 0 Å². The van der Waals surface area contributed by atoms with E-state index in [1.807, 2.05) is 36.4 Å². The first-order valence-electron chi connectivity index (χ1n) is 8.62. The first kappa shape index (κ1) is 19.1. The molecular weight excluding hydrogens is 334 g/mol. The van der Waals surface area contributed by atoms with Gasteiger partial charge in [-0.2, -0.15) is 0 Å². The van der Waals surface area contributed by atoms with Gasteiger partial charge < -0.3 is 16.0 Å². The average Bonchev–Trinajstić information content (AvgIpc) is 2.65. The lowest BCUT2D eigenvalue weighted by molar-refractivity contribution is 0.710. The van der Waals surface area contributed by atoms with Crippen molar-refractivity contribution in [1.82, 2.24) is 15.6 Å². The molecule has 3 N–H and O–H groups in total. The minimum Gasteiger partial charge on any atom is -0.370 e. The fourth-order valence-corrected chi connectivity index (χ4v) is 2.61. The van der Waals surface area contributed by atoms with E-state index in [1.54, 1.807) is 13.2 Å². The van der Waals surface area contributed by atoms with Crippen LogP contribution in [-0.4, -0.2) is 37.6 Å². The van der Waals surface area contributed by atoms with Gasteiger partial charge in [0.1, 0.15) is 5.82 Å². The molecular formula is C19H26ClN5. The second-order valence-corrected chi connectivity index (χ2v) is 6.02. The summed E-state index contributed by atoms with van der Waals surface area (Å²) < 4.78 is 0. The topological polar surface area (TPSA) is 61.3 Å². The summed E-state index contributed by atoms with van der Waals surface area (Å²) in [5.41, 5.74) is 1.15. The largest absolute Gasteiger partial charge is 0.370 e. The lowest BCUT2D eigenvalue weighted by Gasteiger charge is -2.12. The first-order chi connectivity index (χ1) is 12.3. The molecule has 1 heterocycles. The summed E-state index contributed by atoms with van der Waals surface area (Å²) in [4.78, 5) is 8.48. The quantitative estimate of drug-likeness (QED) is 0.365. The Balaban J connectivity index is 1.55. The number of pyridine rings is 1. The zero-order valence-electron chi connectivity index (χ0n) is 14.6. The van der Waals surface area contributed by atoms with Gasteiger partial charge in [-0.3, -0.25) is 4.99 Å². The zero-order chi connectivity index (χ0) is 17.7. The second-order valence-electron chi connectivity index (χ2n) is 5.62. The van der Waals surface area contributed by atoms with Crippen LogP contribution in [0.15, 0.2) is 53.7 Å². The third kappa shape index (κ3) is 7.44. The number of aliphatic imine (C=N–C) groups is 1. The molecule has 0 spiro atoms. The molecule has 25 heavy (non-hydrogen) atoms. The van der Waals surface area contributed by atoms with E-state index >= 15 is 0 Å². The van der Waals surface area contributed by atoms with Crippen molar-refractivity contribution >= 4 is 23.4 Å². The number of anilines is 1. The summed E-state index contributed by atoms with van der Waals surface area (Å²) in [7, 11) is 1.79. The van der Waals surface area contributed by atoms with Crippen molar-refractivity contribution in [2.45, 2.75) is 19.3 Å². The molecule has 0 aliphatic heterocycles. The Morgan fingerprint density at radius 3 is 2.52 bits per heavy atom. The number of guanidine groups is 1. The van der Waals surface area contributed by atoms with Gasteiger partial charge in [-0.05, 0) is 43.0 Å². The van der Waals surface area contributed by atoms with Crippen LogP contribution in [0.3, 0.4) is 0 Å². The van der Waals surface area contributed by atoms with Crippen LogP contribution >= 0.6 is 11.6 Å². The molecule has 2 aromatic rings. The van der Waals surface area contributed by atoms with Gasteiger partial charge >= 0.3 is 0 Å². The normalized spacial score (nSPS) is 11.2. The summed E-state index contributed by atoms with van der Waals surface area (Å²) in [5, 5.41) is 10.8. The van der Waals surface area contributed by atoms with Crippen molar-refractivity contribution in [2.24, 2.45) is 4.99 Å². The summed E-state index contributed by atoms with van der Waals surface area (Å²) in [5.74, 6) is 1.75. The Morgan fingerprint density at radius 1 is 1.00 bits per heavy atom. The molecule has 0 saturated heterocycles. The number of aromatic nitrogens is 1. The fourth-order valence-electron chi connectivity index (χ4n) is 2.38. The highest BCUT2D eigenvalue weighted by Crippen LogP contribution is 2.14. The molecule has 0 amide bonds. The van der Waals surface area contributed by atoms with Crippen LogP contribution in [0.5, 0.6) is 0 Å². The van der Waals surface area contributed by atoms with Crippen LogP contribution in [0.4, 0.5) is 5.82 Å². The lowest BCUT2D eigenvalue weighted by Crippen LogP contribution is -2.38. The molecule has 1 aromatic carbocycles. The highest BCUT2D eigenvalue weighted by molar-refractivity contribution is 6.31. The highest BCUT2D eigenvalue weighted by Gasteiger charge is 2.00. The molecule has 0 bridgehead atoms. The summed E-state index contributed by atoms with van der Waals surface area (Å²) >= 11 is 6.17. The van der Waals surface area contributed by atoms with Crippen molar-refractivity contribution in [2.75, 3.05) is 32.0 Å². The Kier molecular flexibility index (Phi) is 8.63. The molecule has 5 nitrogen and oxygen atoms in total. The third-order valence-electron chi connectivity index (χ3n) is 3.74.